The Morgan fingerprint density at radius 2 is 1.60 bits per heavy atom. The number of rotatable bonds is 9. The van der Waals surface area contributed by atoms with Gasteiger partial charge in [-0.25, -0.2) is 4.79 Å². The Labute approximate surface area is 150 Å². The molecule has 2 rings (SSSR count). The minimum atomic E-state index is -0.944. The van der Waals surface area contributed by atoms with Gasteiger partial charge in [0.15, 0.2) is 0 Å². The molecule has 0 saturated heterocycles. The van der Waals surface area contributed by atoms with Gasteiger partial charge >= 0.3 is 6.09 Å². The van der Waals surface area contributed by atoms with Crippen LogP contribution in [0.25, 0.3) is 0 Å². The summed E-state index contributed by atoms with van der Waals surface area (Å²) in [5.74, 6) is 0. The first-order valence-corrected chi connectivity index (χ1v) is 8.77. The molecule has 1 atom stereocenters. The first-order chi connectivity index (χ1) is 12.0. The van der Waals surface area contributed by atoms with E-state index >= 15 is 0 Å². The zero-order valence-electron chi connectivity index (χ0n) is 15.0. The van der Waals surface area contributed by atoms with Gasteiger partial charge in [-0.1, -0.05) is 74.0 Å². The van der Waals surface area contributed by atoms with Gasteiger partial charge in [0.1, 0.15) is 5.72 Å². The molecule has 2 aromatic carbocycles. The lowest BCUT2D eigenvalue weighted by atomic mass is 10.0. The van der Waals surface area contributed by atoms with Crippen LogP contribution in [0.4, 0.5) is 4.79 Å². The third-order valence-electron chi connectivity index (χ3n) is 4.30. The second kappa shape index (κ2) is 9.23. The second-order valence-corrected chi connectivity index (χ2v) is 6.40. The molecule has 0 heterocycles. The van der Waals surface area contributed by atoms with E-state index in [4.69, 9.17) is 4.74 Å². The third kappa shape index (κ3) is 5.61. The van der Waals surface area contributed by atoms with Crippen molar-refractivity contribution in [1.82, 2.24) is 4.90 Å². The molecule has 0 spiro atoms. The Morgan fingerprint density at radius 3 is 2.12 bits per heavy atom. The fraction of sp³-hybridized carbons (Fsp3) is 0.381. The molecule has 0 saturated carbocycles. The minimum absolute atomic E-state index is 0.375. The van der Waals surface area contributed by atoms with Crippen LogP contribution in [0.3, 0.4) is 0 Å². The number of amides is 1. The topological polar surface area (TPSA) is 49.8 Å². The smallest absolute Gasteiger partial charge is 0.409 e. The lowest BCUT2D eigenvalue weighted by Crippen LogP contribution is -2.53. The van der Waals surface area contributed by atoms with Crippen molar-refractivity contribution < 1.29 is 14.6 Å². The molecule has 0 fully saturated rings. The normalized spacial score (nSPS) is 13.2. The maximum atomic E-state index is 11.9. The van der Waals surface area contributed by atoms with E-state index in [1.807, 2.05) is 67.6 Å². The van der Waals surface area contributed by atoms with E-state index in [1.165, 1.54) is 4.90 Å². The van der Waals surface area contributed by atoms with Gasteiger partial charge < -0.3 is 9.84 Å². The van der Waals surface area contributed by atoms with Crippen molar-refractivity contribution in [2.75, 3.05) is 6.54 Å². The molecular weight excluding hydrogens is 314 g/mol. The number of unbranched alkanes of at least 4 members (excludes halogenated alkanes) is 1. The predicted octanol–water partition coefficient (Wildman–Crippen LogP) is 4.94. The summed E-state index contributed by atoms with van der Waals surface area (Å²) in [5.41, 5.74) is 1.17. The number of nitrogens with zero attached hydrogens (tertiary/aromatic N) is 1. The van der Waals surface area contributed by atoms with E-state index in [-0.39, 0.29) is 0 Å². The van der Waals surface area contributed by atoms with Gasteiger partial charge in [0.25, 0.3) is 0 Å². The molecular formula is C21H27NO3. The van der Waals surface area contributed by atoms with E-state index < -0.39 is 11.8 Å². The first-order valence-electron chi connectivity index (χ1n) is 8.77. The van der Waals surface area contributed by atoms with Crippen molar-refractivity contribution in [3.05, 3.63) is 71.8 Å². The minimum Gasteiger partial charge on any atom is -0.465 e. The SMILES string of the molecule is CCCCN(C(=O)O)[C@](C)(Cc1ccccc1)OCc1ccccc1. The summed E-state index contributed by atoms with van der Waals surface area (Å²) in [6.07, 6.45) is 1.31. The average molecular weight is 341 g/mol. The molecule has 0 aliphatic heterocycles. The van der Waals surface area contributed by atoms with Gasteiger partial charge in [0.05, 0.1) is 6.61 Å². The molecule has 2 aromatic rings. The number of carbonyl (C=O) groups is 1. The van der Waals surface area contributed by atoms with Crippen LogP contribution in [-0.4, -0.2) is 28.4 Å². The first kappa shape index (κ1) is 19.0. The summed E-state index contributed by atoms with van der Waals surface area (Å²) in [4.78, 5) is 13.3. The summed E-state index contributed by atoms with van der Waals surface area (Å²) in [6.45, 7) is 4.76. The van der Waals surface area contributed by atoms with Gasteiger partial charge in [-0.2, -0.15) is 0 Å². The van der Waals surface area contributed by atoms with Gasteiger partial charge in [0.2, 0.25) is 0 Å². The number of hydrogen-bond donors (Lipinski definition) is 1. The Kier molecular flexibility index (Phi) is 7.02. The van der Waals surface area contributed by atoms with E-state index in [0.717, 1.165) is 24.0 Å². The maximum absolute atomic E-state index is 11.9. The average Bonchev–Trinajstić information content (AvgIpc) is 2.62. The molecule has 0 aromatic heterocycles. The summed E-state index contributed by atoms with van der Waals surface area (Å²) in [5, 5.41) is 9.76. The van der Waals surface area contributed by atoms with Gasteiger partial charge in [-0.3, -0.25) is 4.90 Å². The highest BCUT2D eigenvalue weighted by molar-refractivity contribution is 5.66. The largest absolute Gasteiger partial charge is 0.465 e. The van der Waals surface area contributed by atoms with Crippen LogP contribution in [0.1, 0.15) is 37.8 Å². The van der Waals surface area contributed by atoms with Crippen molar-refractivity contribution in [1.29, 1.82) is 0 Å². The van der Waals surface area contributed by atoms with Crippen LogP contribution >= 0.6 is 0 Å². The van der Waals surface area contributed by atoms with Crippen LogP contribution in [-0.2, 0) is 17.8 Å². The van der Waals surface area contributed by atoms with Gasteiger partial charge in [-0.05, 0) is 24.5 Å². The molecule has 4 nitrogen and oxygen atoms in total. The molecule has 0 aliphatic rings. The molecule has 0 unspecified atom stereocenters. The van der Waals surface area contributed by atoms with Crippen molar-refractivity contribution >= 4 is 6.09 Å². The van der Waals surface area contributed by atoms with Crippen LogP contribution in [0, 0.1) is 0 Å². The maximum Gasteiger partial charge on any atom is 0.409 e. The highest BCUT2D eigenvalue weighted by atomic mass is 16.5. The van der Waals surface area contributed by atoms with E-state index in [0.29, 0.717) is 19.6 Å². The Bertz CT molecular complexity index is 645. The predicted molar refractivity (Wildman–Crippen MR) is 99.4 cm³/mol. The van der Waals surface area contributed by atoms with Crippen LogP contribution in [0.2, 0.25) is 0 Å². The van der Waals surface area contributed by atoms with E-state index in [2.05, 4.69) is 6.92 Å². The standard InChI is InChI=1S/C21H27NO3/c1-3-4-15-22(20(23)24)21(2,16-18-11-7-5-8-12-18)25-17-19-13-9-6-10-14-19/h5-14H,3-4,15-17H2,1-2H3,(H,23,24)/t21-/m0/s1. The van der Waals surface area contributed by atoms with Crippen LogP contribution in [0.5, 0.6) is 0 Å². The summed E-state index contributed by atoms with van der Waals surface area (Å²) in [7, 11) is 0. The fourth-order valence-electron chi connectivity index (χ4n) is 2.86. The number of ether oxygens (including phenoxy) is 1. The van der Waals surface area contributed by atoms with E-state index in [1.54, 1.807) is 0 Å². The molecule has 0 radical (unpaired) electrons. The zero-order chi connectivity index (χ0) is 18.1. The quantitative estimate of drug-likeness (QED) is 0.657. The Balaban J connectivity index is 2.23. The monoisotopic (exact) mass is 341 g/mol. The van der Waals surface area contributed by atoms with Crippen LogP contribution < -0.4 is 0 Å². The lowest BCUT2D eigenvalue weighted by Gasteiger charge is -2.39. The number of hydrogen-bond acceptors (Lipinski definition) is 2. The van der Waals surface area contributed by atoms with Crippen molar-refractivity contribution in [3.63, 3.8) is 0 Å². The summed E-state index contributed by atoms with van der Waals surface area (Å²) >= 11 is 0. The van der Waals surface area contributed by atoms with Crippen molar-refractivity contribution in [2.24, 2.45) is 0 Å². The number of carboxylic acid groups (broad SMARTS) is 1. The number of benzene rings is 2. The highest BCUT2D eigenvalue weighted by Crippen LogP contribution is 2.25. The van der Waals surface area contributed by atoms with Gasteiger partial charge in [-0.15, -0.1) is 0 Å². The van der Waals surface area contributed by atoms with E-state index in [9.17, 15) is 9.90 Å². The summed E-state index contributed by atoms with van der Waals surface area (Å²) in [6, 6.07) is 19.7. The fourth-order valence-corrected chi connectivity index (χ4v) is 2.86. The Hall–Kier alpha value is -2.33. The third-order valence-corrected chi connectivity index (χ3v) is 4.30. The molecule has 1 N–H and O–H groups in total. The summed E-state index contributed by atoms with van der Waals surface area (Å²) < 4.78 is 6.19. The van der Waals surface area contributed by atoms with Crippen molar-refractivity contribution in [2.45, 2.75) is 45.4 Å². The molecule has 0 bridgehead atoms. The van der Waals surface area contributed by atoms with Crippen molar-refractivity contribution in [3.8, 4) is 0 Å². The second-order valence-electron chi connectivity index (χ2n) is 6.40. The molecule has 0 aliphatic carbocycles. The molecule has 1 amide bonds. The molecule has 134 valence electrons. The Morgan fingerprint density at radius 1 is 1.04 bits per heavy atom. The highest BCUT2D eigenvalue weighted by Gasteiger charge is 2.36. The lowest BCUT2D eigenvalue weighted by molar-refractivity contribution is -0.138. The van der Waals surface area contributed by atoms with Crippen LogP contribution in [0.15, 0.2) is 60.7 Å². The zero-order valence-corrected chi connectivity index (χ0v) is 15.0. The van der Waals surface area contributed by atoms with Gasteiger partial charge in [0, 0.05) is 13.0 Å². The molecule has 4 heteroatoms. The molecule has 25 heavy (non-hydrogen) atoms.